The van der Waals surface area contributed by atoms with Crippen molar-refractivity contribution >= 4 is 16.7 Å². The van der Waals surface area contributed by atoms with Gasteiger partial charge in [-0.05, 0) is 61.7 Å². The first-order chi connectivity index (χ1) is 13.6. The number of benzene rings is 1. The molecule has 0 N–H and O–H groups in total. The lowest BCUT2D eigenvalue weighted by molar-refractivity contribution is 0.103. The number of nitrogens with zero attached hydrogens (tertiary/aromatic N) is 3. The summed E-state index contributed by atoms with van der Waals surface area (Å²) in [6, 6.07) is 6.52. The first kappa shape index (κ1) is 20.7. The summed E-state index contributed by atoms with van der Waals surface area (Å²) in [6.07, 6.45) is 3.98. The second-order valence-electron chi connectivity index (χ2n) is 11.5. The molecule has 2 aromatic rings. The molecule has 1 atom stereocenters. The van der Waals surface area contributed by atoms with Gasteiger partial charge in [-0.1, -0.05) is 52.8 Å². The monoisotopic (exact) mass is 397 g/mol. The Balaban J connectivity index is 1.40. The van der Waals surface area contributed by atoms with E-state index in [0.29, 0.717) is 5.41 Å². The molecule has 0 saturated carbocycles. The van der Waals surface area contributed by atoms with Crippen LogP contribution in [0.2, 0.25) is 0 Å². The molecule has 0 unspecified atom stereocenters. The van der Waals surface area contributed by atoms with Gasteiger partial charge in [0, 0.05) is 30.4 Å². The molecule has 1 aromatic heterocycles. The minimum atomic E-state index is -0.00338. The third-order valence-corrected chi connectivity index (χ3v) is 7.14. The molecular weight excluding hydrogens is 358 g/mol. The molecule has 3 heterocycles. The molecule has 29 heavy (non-hydrogen) atoms. The van der Waals surface area contributed by atoms with Crippen LogP contribution in [0.15, 0.2) is 22.7 Å². The summed E-state index contributed by atoms with van der Waals surface area (Å²) in [4.78, 5) is 5.23. The maximum absolute atomic E-state index is 5.85. The van der Waals surface area contributed by atoms with Gasteiger partial charge in [0.2, 0.25) is 0 Å². The van der Waals surface area contributed by atoms with E-state index < -0.39 is 0 Å². The predicted octanol–water partition coefficient (Wildman–Crippen LogP) is 5.71. The summed E-state index contributed by atoms with van der Waals surface area (Å²) in [5.74, 6) is 1.63. The van der Waals surface area contributed by atoms with Gasteiger partial charge in [-0.2, -0.15) is 0 Å². The average molecular weight is 398 g/mol. The van der Waals surface area contributed by atoms with E-state index >= 15 is 0 Å². The van der Waals surface area contributed by atoms with Gasteiger partial charge in [0.1, 0.15) is 0 Å². The normalized spacial score (nSPS) is 22.7. The predicted molar refractivity (Wildman–Crippen MR) is 122 cm³/mol. The van der Waals surface area contributed by atoms with Crippen molar-refractivity contribution < 1.29 is 4.52 Å². The van der Waals surface area contributed by atoms with Crippen LogP contribution < -0.4 is 4.90 Å². The molecule has 160 valence electrons. The summed E-state index contributed by atoms with van der Waals surface area (Å²) in [5, 5.41) is 5.60. The number of hydrogen-bond acceptors (Lipinski definition) is 4. The molecule has 2 aliphatic rings. The van der Waals surface area contributed by atoms with Crippen LogP contribution in [-0.2, 0) is 5.41 Å². The maximum Gasteiger partial charge on any atom is 0.190 e. The molecule has 2 saturated heterocycles. The third-order valence-electron chi connectivity index (χ3n) is 7.14. The van der Waals surface area contributed by atoms with Gasteiger partial charge in [0.25, 0.3) is 0 Å². The van der Waals surface area contributed by atoms with Gasteiger partial charge in [-0.15, -0.1) is 0 Å². The highest BCUT2D eigenvalue weighted by atomic mass is 16.5. The van der Waals surface area contributed by atoms with Crippen LogP contribution >= 0.6 is 0 Å². The fourth-order valence-corrected chi connectivity index (χ4v) is 5.28. The van der Waals surface area contributed by atoms with E-state index in [1.807, 2.05) is 0 Å². The summed E-state index contributed by atoms with van der Waals surface area (Å²) in [6.45, 7) is 19.8. The molecule has 0 aliphatic carbocycles. The maximum atomic E-state index is 5.85. The topological polar surface area (TPSA) is 32.5 Å². The fraction of sp³-hybridized carbons (Fsp3) is 0.720. The lowest BCUT2D eigenvalue weighted by atomic mass is 9.75. The molecule has 0 spiro atoms. The van der Waals surface area contributed by atoms with Gasteiger partial charge in [-0.25, -0.2) is 0 Å². The standard InChI is InChI=1S/C25H39N3O/c1-24(2,3)19-11-13-27(14-12-19)16-18-10-15-28(17-18)21-9-7-8-20-22(21)29-26-23(20)25(4,5)6/h7-9,18-19H,10-17H2,1-6H3/t18-/m1/s1. The first-order valence-electron chi connectivity index (χ1n) is 11.5. The summed E-state index contributed by atoms with van der Waals surface area (Å²) >= 11 is 0. The van der Waals surface area contributed by atoms with Crippen LogP contribution in [-0.4, -0.2) is 42.8 Å². The van der Waals surface area contributed by atoms with Crippen molar-refractivity contribution in [2.45, 2.75) is 66.2 Å². The largest absolute Gasteiger partial charge is 0.368 e. The minimum absolute atomic E-state index is 0.00338. The molecule has 4 rings (SSSR count). The van der Waals surface area contributed by atoms with E-state index in [2.05, 4.69) is 74.7 Å². The van der Waals surface area contributed by atoms with Gasteiger partial charge in [-0.3, -0.25) is 0 Å². The third kappa shape index (κ3) is 4.33. The zero-order valence-corrected chi connectivity index (χ0v) is 19.3. The highest BCUT2D eigenvalue weighted by Gasteiger charge is 2.32. The van der Waals surface area contributed by atoms with E-state index in [-0.39, 0.29) is 5.41 Å². The first-order valence-corrected chi connectivity index (χ1v) is 11.5. The Bertz CT molecular complexity index is 834. The van der Waals surface area contributed by atoms with Crippen molar-refractivity contribution in [3.63, 3.8) is 0 Å². The Morgan fingerprint density at radius 2 is 1.72 bits per heavy atom. The second kappa shape index (κ2) is 7.61. The number of hydrogen-bond donors (Lipinski definition) is 0. The summed E-state index contributed by atoms with van der Waals surface area (Å²) < 4.78 is 5.85. The van der Waals surface area contributed by atoms with Crippen LogP contribution in [0.1, 0.15) is 66.5 Å². The van der Waals surface area contributed by atoms with Crippen molar-refractivity contribution in [1.29, 1.82) is 0 Å². The zero-order valence-electron chi connectivity index (χ0n) is 19.3. The van der Waals surface area contributed by atoms with Crippen LogP contribution in [0.25, 0.3) is 11.0 Å². The van der Waals surface area contributed by atoms with E-state index in [1.165, 1.54) is 50.0 Å². The highest BCUT2D eigenvalue weighted by Crippen LogP contribution is 2.37. The Kier molecular flexibility index (Phi) is 5.43. The average Bonchev–Trinajstić information content (AvgIpc) is 3.27. The van der Waals surface area contributed by atoms with Crippen LogP contribution in [0.5, 0.6) is 0 Å². The van der Waals surface area contributed by atoms with E-state index in [9.17, 15) is 0 Å². The number of likely N-dealkylation sites (tertiary alicyclic amines) is 1. The number of aromatic nitrogens is 1. The second-order valence-corrected chi connectivity index (χ2v) is 11.5. The molecule has 0 bridgehead atoms. The van der Waals surface area contributed by atoms with Gasteiger partial charge >= 0.3 is 0 Å². The van der Waals surface area contributed by atoms with E-state index in [1.54, 1.807) is 0 Å². The number of piperidine rings is 1. The van der Waals surface area contributed by atoms with E-state index in [4.69, 9.17) is 4.52 Å². The Labute approximate surface area is 176 Å². The SMILES string of the molecule is CC(C)(C)c1noc2c(N3CC[C@H](CN4CCC(C(C)(C)C)CC4)C3)cccc12. The highest BCUT2D eigenvalue weighted by molar-refractivity contribution is 5.91. The number of anilines is 1. The molecular formula is C25H39N3O. The minimum Gasteiger partial charge on any atom is -0.368 e. The summed E-state index contributed by atoms with van der Waals surface area (Å²) in [7, 11) is 0. The Morgan fingerprint density at radius 3 is 2.38 bits per heavy atom. The van der Waals surface area contributed by atoms with Gasteiger partial charge < -0.3 is 14.3 Å². The van der Waals surface area contributed by atoms with Crippen LogP contribution in [0, 0.1) is 17.3 Å². The quantitative estimate of drug-likeness (QED) is 0.664. The smallest absolute Gasteiger partial charge is 0.190 e. The van der Waals surface area contributed by atoms with Crippen LogP contribution in [0.4, 0.5) is 5.69 Å². The van der Waals surface area contributed by atoms with Crippen molar-refractivity contribution in [2.24, 2.45) is 17.3 Å². The van der Waals surface area contributed by atoms with Crippen molar-refractivity contribution in [1.82, 2.24) is 10.1 Å². The molecule has 1 aromatic carbocycles. The van der Waals surface area contributed by atoms with E-state index in [0.717, 1.165) is 36.2 Å². The van der Waals surface area contributed by atoms with Crippen LogP contribution in [0.3, 0.4) is 0 Å². The van der Waals surface area contributed by atoms with Crippen molar-refractivity contribution in [3.05, 3.63) is 23.9 Å². The number of rotatable bonds is 3. The number of para-hydroxylation sites is 1. The van der Waals surface area contributed by atoms with Gasteiger partial charge in [0.15, 0.2) is 5.58 Å². The molecule has 4 nitrogen and oxygen atoms in total. The molecule has 0 amide bonds. The summed E-state index contributed by atoms with van der Waals surface area (Å²) in [5.41, 5.74) is 3.70. The molecule has 2 fully saturated rings. The van der Waals surface area contributed by atoms with Gasteiger partial charge in [0.05, 0.1) is 11.4 Å². The molecule has 2 aliphatic heterocycles. The zero-order chi connectivity index (χ0) is 20.8. The van der Waals surface area contributed by atoms with Crippen molar-refractivity contribution in [3.8, 4) is 0 Å². The lowest BCUT2D eigenvalue weighted by Gasteiger charge is -2.39. The molecule has 4 heteroatoms. The number of fused-ring (bicyclic) bond motifs is 1. The van der Waals surface area contributed by atoms with Crippen molar-refractivity contribution in [2.75, 3.05) is 37.6 Å². The lowest BCUT2D eigenvalue weighted by Crippen LogP contribution is -2.40. The Hall–Kier alpha value is -1.55. The molecule has 0 radical (unpaired) electrons. The Morgan fingerprint density at radius 1 is 1.00 bits per heavy atom. The fourth-order valence-electron chi connectivity index (χ4n) is 5.28.